The van der Waals surface area contributed by atoms with Gasteiger partial charge in [0.15, 0.2) is 11.6 Å². The average Bonchev–Trinajstić information content (AvgIpc) is 3.55. The summed E-state index contributed by atoms with van der Waals surface area (Å²) in [6.45, 7) is 6.90. The molecule has 0 unspecified atom stereocenters. The van der Waals surface area contributed by atoms with Gasteiger partial charge in [-0.25, -0.2) is 14.4 Å². The second-order valence-electron chi connectivity index (χ2n) is 11.2. The molecule has 2 N–H and O–H groups in total. The number of nitrogens with two attached hydrogens (primary N) is 1. The number of hydrogen-bond acceptors (Lipinski definition) is 6. The molecule has 1 saturated heterocycles. The standard InChI is InChI=1S/C31H30F2N6O2/c1-31(2,3)14-20(15-34)30(40)39-13-5-6-21(39)16-38-17-23(26-28(35)36-18-37-29(26)38)19-9-11-22(12-10-19)41-25-8-4-7-24(32)27(25)33/h4,7-12,14,17-18,21H,5-6,13,16H2,1-3H3,(H2,35,36,37)/b20-14-/t21-/m1/s1. The topological polar surface area (TPSA) is 110 Å². The summed E-state index contributed by atoms with van der Waals surface area (Å²) in [5, 5.41) is 10.3. The summed E-state index contributed by atoms with van der Waals surface area (Å²) in [5.74, 6) is -1.87. The van der Waals surface area contributed by atoms with Gasteiger partial charge in [0.05, 0.1) is 11.4 Å². The highest BCUT2D eigenvalue weighted by molar-refractivity contribution is 6.01. The van der Waals surface area contributed by atoms with E-state index in [0.717, 1.165) is 30.0 Å². The molecule has 210 valence electrons. The van der Waals surface area contributed by atoms with Crippen LogP contribution >= 0.6 is 0 Å². The van der Waals surface area contributed by atoms with E-state index in [2.05, 4.69) is 16.0 Å². The highest BCUT2D eigenvalue weighted by atomic mass is 19.2. The zero-order chi connectivity index (χ0) is 29.3. The van der Waals surface area contributed by atoms with Crippen molar-refractivity contribution in [1.29, 1.82) is 5.26 Å². The summed E-state index contributed by atoms with van der Waals surface area (Å²) in [6, 6.07) is 12.6. The maximum Gasteiger partial charge on any atom is 0.264 e. The van der Waals surface area contributed by atoms with Crippen molar-refractivity contribution < 1.29 is 18.3 Å². The van der Waals surface area contributed by atoms with Gasteiger partial charge < -0.3 is 19.9 Å². The van der Waals surface area contributed by atoms with E-state index in [1.807, 2.05) is 31.5 Å². The first kappa shape index (κ1) is 27.8. The Labute approximate surface area is 236 Å². The van der Waals surface area contributed by atoms with E-state index >= 15 is 0 Å². The average molecular weight is 557 g/mol. The van der Waals surface area contributed by atoms with E-state index < -0.39 is 11.6 Å². The van der Waals surface area contributed by atoms with Crippen molar-refractivity contribution in [3.8, 4) is 28.7 Å². The fourth-order valence-electron chi connectivity index (χ4n) is 5.15. The molecule has 4 aromatic rings. The molecule has 2 aromatic carbocycles. The van der Waals surface area contributed by atoms with Crippen LogP contribution in [0.5, 0.6) is 11.5 Å². The smallest absolute Gasteiger partial charge is 0.264 e. The molecule has 1 aliphatic heterocycles. The van der Waals surface area contributed by atoms with Crippen molar-refractivity contribution >= 4 is 22.8 Å². The van der Waals surface area contributed by atoms with Gasteiger partial charge in [0, 0.05) is 24.8 Å². The number of hydrogen-bond donors (Lipinski definition) is 1. The predicted octanol–water partition coefficient (Wildman–Crippen LogP) is 6.24. The first-order chi connectivity index (χ1) is 19.6. The van der Waals surface area contributed by atoms with Crippen LogP contribution in [0.15, 0.2) is 66.6 Å². The molecular formula is C31H30F2N6O2. The molecule has 0 bridgehead atoms. The van der Waals surface area contributed by atoms with Gasteiger partial charge in [-0.3, -0.25) is 4.79 Å². The van der Waals surface area contributed by atoms with Crippen LogP contribution < -0.4 is 10.5 Å². The highest BCUT2D eigenvalue weighted by Crippen LogP contribution is 2.35. The summed E-state index contributed by atoms with van der Waals surface area (Å²) in [7, 11) is 0. The third-order valence-corrected chi connectivity index (χ3v) is 6.97. The first-order valence-corrected chi connectivity index (χ1v) is 13.3. The molecule has 8 nitrogen and oxygen atoms in total. The number of nitriles is 1. The monoisotopic (exact) mass is 556 g/mol. The fraction of sp³-hybridized carbons (Fsp3) is 0.290. The van der Waals surface area contributed by atoms with Crippen LogP contribution in [0, 0.1) is 28.4 Å². The lowest BCUT2D eigenvalue weighted by Gasteiger charge is -2.26. The lowest BCUT2D eigenvalue weighted by molar-refractivity contribution is -0.127. The van der Waals surface area contributed by atoms with Gasteiger partial charge in [-0.2, -0.15) is 9.65 Å². The second-order valence-corrected chi connectivity index (χ2v) is 11.2. The van der Waals surface area contributed by atoms with E-state index in [1.165, 1.54) is 18.5 Å². The predicted molar refractivity (Wildman–Crippen MR) is 152 cm³/mol. The Kier molecular flexibility index (Phi) is 7.45. The van der Waals surface area contributed by atoms with Crippen molar-refractivity contribution in [3.05, 3.63) is 78.3 Å². The van der Waals surface area contributed by atoms with Crippen LogP contribution in [0.2, 0.25) is 0 Å². The molecule has 0 saturated carbocycles. The number of anilines is 1. The van der Waals surface area contributed by atoms with Crippen LogP contribution in [-0.2, 0) is 11.3 Å². The second kappa shape index (κ2) is 11.0. The van der Waals surface area contributed by atoms with E-state index in [1.54, 1.807) is 35.2 Å². The number of amides is 1. The zero-order valence-corrected chi connectivity index (χ0v) is 23.1. The number of fused-ring (bicyclic) bond motifs is 1. The Morgan fingerprint density at radius 3 is 2.66 bits per heavy atom. The Balaban J connectivity index is 1.44. The number of nitrogens with zero attached hydrogens (tertiary/aromatic N) is 5. The first-order valence-electron chi connectivity index (χ1n) is 13.3. The molecular weight excluding hydrogens is 526 g/mol. The maximum atomic E-state index is 14.1. The fourth-order valence-corrected chi connectivity index (χ4v) is 5.15. The summed E-state index contributed by atoms with van der Waals surface area (Å²) in [6.07, 6.45) is 6.67. The van der Waals surface area contributed by atoms with Crippen LogP contribution in [0.3, 0.4) is 0 Å². The molecule has 2 aromatic heterocycles. The molecule has 0 spiro atoms. The number of carbonyl (C=O) groups is 1. The lowest BCUT2D eigenvalue weighted by Crippen LogP contribution is -2.39. The van der Waals surface area contributed by atoms with Gasteiger partial charge >= 0.3 is 0 Å². The molecule has 1 fully saturated rings. The molecule has 0 aliphatic carbocycles. The number of allylic oxidation sites excluding steroid dienone is 1. The molecule has 1 aliphatic rings. The Morgan fingerprint density at radius 1 is 1.20 bits per heavy atom. The van der Waals surface area contributed by atoms with Gasteiger partial charge in [0.25, 0.3) is 5.91 Å². The van der Waals surface area contributed by atoms with E-state index in [9.17, 15) is 18.8 Å². The van der Waals surface area contributed by atoms with Gasteiger partial charge in [0.2, 0.25) is 5.82 Å². The van der Waals surface area contributed by atoms with Gasteiger partial charge in [-0.05, 0) is 48.1 Å². The molecule has 5 rings (SSSR count). The molecule has 0 radical (unpaired) electrons. The summed E-state index contributed by atoms with van der Waals surface area (Å²) in [5.41, 5.74) is 8.34. The minimum absolute atomic E-state index is 0.129. The van der Waals surface area contributed by atoms with Crippen LogP contribution in [0.4, 0.5) is 14.6 Å². The van der Waals surface area contributed by atoms with Crippen molar-refractivity contribution in [1.82, 2.24) is 19.4 Å². The van der Waals surface area contributed by atoms with Crippen molar-refractivity contribution in [2.75, 3.05) is 12.3 Å². The third-order valence-electron chi connectivity index (χ3n) is 6.97. The summed E-state index contributed by atoms with van der Waals surface area (Å²) < 4.78 is 35.1. The minimum Gasteiger partial charge on any atom is -0.454 e. The number of likely N-dealkylation sites (tertiary alicyclic amines) is 1. The Hall–Kier alpha value is -4.78. The normalized spacial score (nSPS) is 15.8. The molecule has 1 amide bonds. The maximum absolute atomic E-state index is 14.1. The molecule has 3 heterocycles. The number of halogens is 2. The number of benzene rings is 2. The number of carbonyl (C=O) groups excluding carboxylic acids is 1. The third kappa shape index (κ3) is 5.75. The van der Waals surface area contributed by atoms with Gasteiger partial charge in [-0.1, -0.05) is 45.0 Å². The SMILES string of the molecule is CC(C)(C)/C=C(/C#N)C(=O)N1CCC[C@@H]1Cn1cc(-c2ccc(Oc3cccc(F)c3F)cc2)c2c(N)ncnc21. The van der Waals surface area contributed by atoms with Gasteiger partial charge in [-0.15, -0.1) is 0 Å². The van der Waals surface area contributed by atoms with Crippen molar-refractivity contribution in [3.63, 3.8) is 0 Å². The van der Waals surface area contributed by atoms with E-state index in [-0.39, 0.29) is 28.7 Å². The number of nitrogen functional groups attached to an aromatic ring is 1. The largest absolute Gasteiger partial charge is 0.454 e. The number of rotatable bonds is 6. The summed E-state index contributed by atoms with van der Waals surface area (Å²) >= 11 is 0. The van der Waals surface area contributed by atoms with E-state index in [0.29, 0.717) is 35.7 Å². The number of aromatic nitrogens is 3. The highest BCUT2D eigenvalue weighted by Gasteiger charge is 2.32. The number of ether oxygens (including phenoxy) is 1. The quantitative estimate of drug-likeness (QED) is 0.222. The zero-order valence-electron chi connectivity index (χ0n) is 23.1. The molecule has 1 atom stereocenters. The van der Waals surface area contributed by atoms with E-state index in [4.69, 9.17) is 10.5 Å². The Bertz CT molecular complexity index is 1680. The van der Waals surface area contributed by atoms with Gasteiger partial charge in [0.1, 0.15) is 35.2 Å². The molecule has 10 heteroatoms. The summed E-state index contributed by atoms with van der Waals surface area (Å²) in [4.78, 5) is 23.8. The Morgan fingerprint density at radius 2 is 1.95 bits per heavy atom. The van der Waals surface area contributed by atoms with Crippen molar-refractivity contribution in [2.45, 2.75) is 46.2 Å². The molecule has 41 heavy (non-hydrogen) atoms. The minimum atomic E-state index is -1.06. The van der Waals surface area contributed by atoms with Crippen LogP contribution in [0.25, 0.3) is 22.2 Å². The van der Waals surface area contributed by atoms with Crippen LogP contribution in [-0.4, -0.2) is 37.9 Å². The van der Waals surface area contributed by atoms with Crippen LogP contribution in [0.1, 0.15) is 33.6 Å². The lowest BCUT2D eigenvalue weighted by atomic mass is 9.93. The van der Waals surface area contributed by atoms with Crippen molar-refractivity contribution in [2.24, 2.45) is 5.41 Å².